The number of anilines is 1. The van der Waals surface area contributed by atoms with Gasteiger partial charge < -0.3 is 10.3 Å². The second-order valence-corrected chi connectivity index (χ2v) is 5.38. The van der Waals surface area contributed by atoms with Crippen molar-refractivity contribution in [2.24, 2.45) is 0 Å². The van der Waals surface area contributed by atoms with Crippen LogP contribution in [0.1, 0.15) is 11.4 Å². The van der Waals surface area contributed by atoms with Crippen LogP contribution in [0.3, 0.4) is 0 Å². The Balaban J connectivity index is 1.72. The van der Waals surface area contributed by atoms with E-state index >= 15 is 0 Å². The first kappa shape index (κ1) is 13.6. The van der Waals surface area contributed by atoms with E-state index in [1.54, 1.807) is 12.4 Å². The van der Waals surface area contributed by atoms with Crippen LogP contribution in [0.25, 0.3) is 11.5 Å². The van der Waals surface area contributed by atoms with Crippen LogP contribution in [0.15, 0.2) is 46.2 Å². The number of hydrogen-bond acceptors (Lipinski definition) is 7. The molecule has 0 amide bonds. The van der Waals surface area contributed by atoms with E-state index in [1.165, 1.54) is 11.8 Å². The summed E-state index contributed by atoms with van der Waals surface area (Å²) < 4.78 is 5.28. The summed E-state index contributed by atoms with van der Waals surface area (Å²) in [5.41, 5.74) is 7.80. The molecule has 0 saturated carbocycles. The van der Waals surface area contributed by atoms with Crippen molar-refractivity contribution >= 4 is 17.6 Å². The van der Waals surface area contributed by atoms with Gasteiger partial charge in [0.15, 0.2) is 11.6 Å². The van der Waals surface area contributed by atoms with Gasteiger partial charge in [-0.1, -0.05) is 34.6 Å². The molecule has 0 spiro atoms. The van der Waals surface area contributed by atoms with Gasteiger partial charge in [0.05, 0.1) is 5.75 Å². The van der Waals surface area contributed by atoms with Gasteiger partial charge in [0.1, 0.15) is 5.03 Å². The number of thioether (sulfide) groups is 1. The van der Waals surface area contributed by atoms with Crippen LogP contribution >= 0.6 is 11.8 Å². The number of rotatable bonds is 4. The number of aryl methyl sites for hydroxylation is 1. The molecule has 0 fully saturated rings. The second kappa shape index (κ2) is 5.92. The van der Waals surface area contributed by atoms with E-state index in [9.17, 15) is 0 Å². The van der Waals surface area contributed by atoms with Crippen molar-refractivity contribution in [3.8, 4) is 11.5 Å². The Bertz CT molecular complexity index is 758. The van der Waals surface area contributed by atoms with Crippen molar-refractivity contribution in [2.75, 3.05) is 5.73 Å². The van der Waals surface area contributed by atoms with E-state index in [0.717, 1.165) is 11.1 Å². The SMILES string of the molecule is Cc1cccc(-c2nc(CSc3nccnc3N)no2)c1. The van der Waals surface area contributed by atoms with Crippen LogP contribution in [-0.4, -0.2) is 20.1 Å². The zero-order chi connectivity index (χ0) is 14.7. The molecule has 0 radical (unpaired) electrons. The highest BCUT2D eigenvalue weighted by Gasteiger charge is 2.10. The van der Waals surface area contributed by atoms with E-state index in [2.05, 4.69) is 20.1 Å². The van der Waals surface area contributed by atoms with Gasteiger partial charge in [-0.25, -0.2) is 9.97 Å². The average molecular weight is 299 g/mol. The summed E-state index contributed by atoms with van der Waals surface area (Å²) in [6.45, 7) is 2.02. The minimum absolute atomic E-state index is 0.407. The van der Waals surface area contributed by atoms with Crippen LogP contribution in [0.4, 0.5) is 5.82 Å². The Kier molecular flexibility index (Phi) is 3.83. The summed E-state index contributed by atoms with van der Waals surface area (Å²) in [4.78, 5) is 12.5. The average Bonchev–Trinajstić information content (AvgIpc) is 2.95. The molecule has 0 aliphatic rings. The third-order valence-electron chi connectivity index (χ3n) is 2.76. The van der Waals surface area contributed by atoms with Gasteiger partial charge in [-0.05, 0) is 19.1 Å². The fourth-order valence-electron chi connectivity index (χ4n) is 1.79. The normalized spacial score (nSPS) is 10.7. The molecule has 106 valence electrons. The number of benzene rings is 1. The third kappa shape index (κ3) is 3.19. The minimum Gasteiger partial charge on any atom is -0.381 e. The van der Waals surface area contributed by atoms with Gasteiger partial charge >= 0.3 is 0 Å². The van der Waals surface area contributed by atoms with Crippen LogP contribution in [0.5, 0.6) is 0 Å². The third-order valence-corrected chi connectivity index (χ3v) is 3.75. The lowest BCUT2D eigenvalue weighted by molar-refractivity contribution is 0.425. The first-order valence-electron chi connectivity index (χ1n) is 6.31. The molecule has 7 heteroatoms. The number of nitrogen functional groups attached to an aromatic ring is 1. The Morgan fingerprint density at radius 1 is 1.24 bits per heavy atom. The Morgan fingerprint density at radius 3 is 2.90 bits per heavy atom. The summed E-state index contributed by atoms with van der Waals surface area (Å²) in [7, 11) is 0. The van der Waals surface area contributed by atoms with Gasteiger partial charge in [-0.15, -0.1) is 0 Å². The lowest BCUT2D eigenvalue weighted by Crippen LogP contribution is -1.95. The highest BCUT2D eigenvalue weighted by Crippen LogP contribution is 2.24. The van der Waals surface area contributed by atoms with Crippen molar-refractivity contribution in [2.45, 2.75) is 17.7 Å². The Hall–Kier alpha value is -2.41. The summed E-state index contributed by atoms with van der Waals surface area (Å²) in [5, 5.41) is 4.64. The Morgan fingerprint density at radius 2 is 2.10 bits per heavy atom. The van der Waals surface area contributed by atoms with Gasteiger partial charge in [-0.3, -0.25) is 0 Å². The highest BCUT2D eigenvalue weighted by atomic mass is 32.2. The molecule has 0 aliphatic carbocycles. The molecule has 2 N–H and O–H groups in total. The van der Waals surface area contributed by atoms with Crippen molar-refractivity contribution in [1.29, 1.82) is 0 Å². The number of nitrogens with zero attached hydrogens (tertiary/aromatic N) is 4. The molecule has 21 heavy (non-hydrogen) atoms. The van der Waals surface area contributed by atoms with Gasteiger partial charge in [0, 0.05) is 18.0 Å². The van der Waals surface area contributed by atoms with Crippen molar-refractivity contribution in [1.82, 2.24) is 20.1 Å². The fourth-order valence-corrected chi connectivity index (χ4v) is 2.51. The van der Waals surface area contributed by atoms with Crippen molar-refractivity contribution in [3.05, 3.63) is 48.0 Å². The fraction of sp³-hybridized carbons (Fsp3) is 0.143. The predicted octanol–water partition coefficient (Wildman–Crippen LogP) is 2.71. The molecule has 0 bridgehead atoms. The maximum absolute atomic E-state index is 5.74. The molecule has 0 atom stereocenters. The minimum atomic E-state index is 0.407. The summed E-state index contributed by atoms with van der Waals surface area (Å²) >= 11 is 1.43. The Labute approximate surface area is 125 Å². The van der Waals surface area contributed by atoms with Crippen LogP contribution < -0.4 is 5.73 Å². The lowest BCUT2D eigenvalue weighted by Gasteiger charge is -1.99. The molecule has 2 heterocycles. The first-order chi connectivity index (χ1) is 10.2. The van der Waals surface area contributed by atoms with Gasteiger partial charge in [0.2, 0.25) is 0 Å². The number of nitrogens with two attached hydrogens (primary N) is 1. The quantitative estimate of drug-likeness (QED) is 0.740. The molecule has 0 saturated heterocycles. The van der Waals surface area contributed by atoms with E-state index < -0.39 is 0 Å². The summed E-state index contributed by atoms with van der Waals surface area (Å²) in [5.74, 6) is 2.05. The molecule has 3 rings (SSSR count). The largest absolute Gasteiger partial charge is 0.381 e. The van der Waals surface area contributed by atoms with E-state index in [4.69, 9.17) is 10.3 Å². The number of hydrogen-bond donors (Lipinski definition) is 1. The van der Waals surface area contributed by atoms with Crippen LogP contribution in [-0.2, 0) is 5.75 Å². The van der Waals surface area contributed by atoms with Gasteiger partial charge in [-0.2, -0.15) is 4.98 Å². The summed E-state index contributed by atoms with van der Waals surface area (Å²) in [6.07, 6.45) is 3.16. The molecule has 0 aliphatic heterocycles. The molecule has 2 aromatic heterocycles. The molecular weight excluding hydrogens is 286 g/mol. The molecule has 1 aromatic carbocycles. The van der Waals surface area contributed by atoms with E-state index in [0.29, 0.717) is 28.3 Å². The van der Waals surface area contributed by atoms with Crippen molar-refractivity contribution < 1.29 is 4.52 Å². The van der Waals surface area contributed by atoms with Gasteiger partial charge in [0.25, 0.3) is 5.89 Å². The molecule has 3 aromatic rings. The zero-order valence-electron chi connectivity index (χ0n) is 11.4. The topological polar surface area (TPSA) is 90.7 Å². The first-order valence-corrected chi connectivity index (χ1v) is 7.30. The van der Waals surface area contributed by atoms with Crippen molar-refractivity contribution in [3.63, 3.8) is 0 Å². The number of aromatic nitrogens is 4. The maximum atomic E-state index is 5.74. The highest BCUT2D eigenvalue weighted by molar-refractivity contribution is 7.98. The zero-order valence-corrected chi connectivity index (χ0v) is 12.2. The molecule has 0 unspecified atom stereocenters. The standard InChI is InChI=1S/C14H13N5OS/c1-9-3-2-4-10(7-9)13-18-11(19-20-13)8-21-14-12(15)16-5-6-17-14/h2-7H,8H2,1H3,(H2,15,16). The smallest absolute Gasteiger partial charge is 0.257 e. The molecular formula is C14H13N5OS. The maximum Gasteiger partial charge on any atom is 0.257 e. The van der Waals surface area contributed by atoms with E-state index in [-0.39, 0.29) is 0 Å². The monoisotopic (exact) mass is 299 g/mol. The van der Waals surface area contributed by atoms with Crippen LogP contribution in [0, 0.1) is 6.92 Å². The molecule has 6 nitrogen and oxygen atoms in total. The van der Waals surface area contributed by atoms with E-state index in [1.807, 2.05) is 31.2 Å². The predicted molar refractivity (Wildman–Crippen MR) is 80.5 cm³/mol. The summed E-state index contributed by atoms with van der Waals surface area (Å²) in [6, 6.07) is 7.93. The second-order valence-electron chi connectivity index (χ2n) is 4.42. The lowest BCUT2D eigenvalue weighted by atomic mass is 10.1. The van der Waals surface area contributed by atoms with Crippen LogP contribution in [0.2, 0.25) is 0 Å².